The largest absolute Gasteiger partial charge is 0.495 e. The second kappa shape index (κ2) is 11.0. The Hall–Kier alpha value is -0.770. The molecule has 1 aliphatic rings. The normalized spacial score (nSPS) is 17.0. The smallest absolute Gasteiger partial charge is 0.193 e. The van der Waals surface area contributed by atoms with E-state index in [1.807, 2.05) is 6.07 Å². The van der Waals surface area contributed by atoms with Gasteiger partial charge in [0.1, 0.15) is 5.75 Å². The number of hydrogen-bond acceptors (Lipinski definition) is 4. The van der Waals surface area contributed by atoms with Crippen LogP contribution in [0.5, 0.6) is 5.75 Å². The Morgan fingerprint density at radius 1 is 1.46 bits per heavy atom. The molecule has 1 saturated heterocycles. The van der Waals surface area contributed by atoms with E-state index in [2.05, 4.69) is 22.1 Å². The standard InChI is InChI=1S/C16H25ClN4O2.HI/c1-12(11-21-5-7-23-8-6-21)10-19-16(18)20-13-3-4-15(22-2)14(17)9-13;/h3-4,9,12H,5-8,10-11H2,1-2H3,(H3,18,19,20);1H. The van der Waals surface area contributed by atoms with Gasteiger partial charge in [0.25, 0.3) is 0 Å². The summed E-state index contributed by atoms with van der Waals surface area (Å²) >= 11 is 6.09. The van der Waals surface area contributed by atoms with E-state index >= 15 is 0 Å². The van der Waals surface area contributed by atoms with Crippen LogP contribution in [-0.4, -0.2) is 57.4 Å². The summed E-state index contributed by atoms with van der Waals surface area (Å²) in [6, 6.07) is 5.41. The van der Waals surface area contributed by atoms with Gasteiger partial charge >= 0.3 is 0 Å². The van der Waals surface area contributed by atoms with Gasteiger partial charge in [0.05, 0.1) is 25.3 Å². The van der Waals surface area contributed by atoms with Crippen LogP contribution in [0.2, 0.25) is 5.02 Å². The van der Waals surface area contributed by atoms with Crippen LogP contribution in [0.15, 0.2) is 23.2 Å². The van der Waals surface area contributed by atoms with Crippen LogP contribution >= 0.6 is 35.6 Å². The van der Waals surface area contributed by atoms with Gasteiger partial charge in [-0.2, -0.15) is 0 Å². The number of nitrogens with two attached hydrogens (primary N) is 1. The lowest BCUT2D eigenvalue weighted by atomic mass is 10.1. The van der Waals surface area contributed by atoms with Crippen molar-refractivity contribution in [2.24, 2.45) is 16.6 Å². The molecule has 1 aromatic rings. The Labute approximate surface area is 165 Å². The van der Waals surface area contributed by atoms with E-state index in [-0.39, 0.29) is 24.0 Å². The molecule has 0 saturated carbocycles. The molecule has 0 radical (unpaired) electrons. The molecule has 8 heteroatoms. The third-order valence-corrected chi connectivity index (χ3v) is 3.97. The quantitative estimate of drug-likeness (QED) is 0.382. The van der Waals surface area contributed by atoms with Crippen molar-refractivity contribution in [1.29, 1.82) is 0 Å². The number of aliphatic imine (C=N–C) groups is 1. The van der Waals surface area contributed by atoms with Crippen LogP contribution < -0.4 is 15.8 Å². The predicted octanol–water partition coefficient (Wildman–Crippen LogP) is 2.66. The highest BCUT2D eigenvalue weighted by atomic mass is 127. The van der Waals surface area contributed by atoms with Crippen molar-refractivity contribution in [2.75, 3.05) is 51.8 Å². The van der Waals surface area contributed by atoms with Crippen LogP contribution in [0, 0.1) is 5.92 Å². The van der Waals surface area contributed by atoms with Gasteiger partial charge in [-0.1, -0.05) is 18.5 Å². The molecule has 1 unspecified atom stereocenters. The molecule has 1 aliphatic heterocycles. The van der Waals surface area contributed by atoms with Crippen LogP contribution in [-0.2, 0) is 4.74 Å². The fourth-order valence-corrected chi connectivity index (χ4v) is 2.73. The molecule has 0 bridgehead atoms. The molecule has 24 heavy (non-hydrogen) atoms. The Kier molecular flexibility index (Phi) is 9.72. The third-order valence-electron chi connectivity index (χ3n) is 3.67. The number of anilines is 1. The molecular formula is C16H26ClIN4O2. The summed E-state index contributed by atoms with van der Waals surface area (Å²) in [6.07, 6.45) is 0. The van der Waals surface area contributed by atoms with Crippen molar-refractivity contribution in [3.05, 3.63) is 23.2 Å². The summed E-state index contributed by atoms with van der Waals surface area (Å²) in [6.45, 7) is 7.49. The molecule has 6 nitrogen and oxygen atoms in total. The molecule has 1 atom stereocenters. The average Bonchev–Trinajstić information content (AvgIpc) is 2.54. The number of nitrogens with one attached hydrogen (secondary N) is 1. The monoisotopic (exact) mass is 468 g/mol. The topological polar surface area (TPSA) is 72.1 Å². The van der Waals surface area contributed by atoms with Gasteiger partial charge in [-0.05, 0) is 24.1 Å². The molecular weight excluding hydrogens is 443 g/mol. The fourth-order valence-electron chi connectivity index (χ4n) is 2.47. The number of morpholine rings is 1. The zero-order valence-corrected chi connectivity index (χ0v) is 17.2. The van der Waals surface area contributed by atoms with Crippen LogP contribution in [0.25, 0.3) is 0 Å². The van der Waals surface area contributed by atoms with Gasteiger partial charge in [-0.3, -0.25) is 9.89 Å². The molecule has 0 aliphatic carbocycles. The average molecular weight is 469 g/mol. The summed E-state index contributed by atoms with van der Waals surface area (Å²) in [5.41, 5.74) is 6.73. The summed E-state index contributed by atoms with van der Waals surface area (Å²) in [4.78, 5) is 6.81. The molecule has 2 rings (SSSR count). The van der Waals surface area contributed by atoms with Gasteiger partial charge in [0, 0.05) is 31.9 Å². The first-order valence-corrected chi connectivity index (χ1v) is 8.17. The highest BCUT2D eigenvalue weighted by Gasteiger charge is 2.13. The Bertz CT molecular complexity index is 539. The van der Waals surface area contributed by atoms with E-state index in [1.165, 1.54) is 0 Å². The predicted molar refractivity (Wildman–Crippen MR) is 110 cm³/mol. The number of hydrogen-bond donors (Lipinski definition) is 2. The number of nitrogens with zero attached hydrogens (tertiary/aromatic N) is 2. The minimum absolute atomic E-state index is 0. The van der Waals surface area contributed by atoms with Crippen LogP contribution in [0.1, 0.15) is 6.92 Å². The lowest BCUT2D eigenvalue weighted by molar-refractivity contribution is 0.0323. The second-order valence-corrected chi connectivity index (χ2v) is 6.13. The Morgan fingerprint density at radius 2 is 2.17 bits per heavy atom. The molecule has 0 spiro atoms. The van der Waals surface area contributed by atoms with Crippen molar-refractivity contribution < 1.29 is 9.47 Å². The first kappa shape index (κ1) is 21.3. The van der Waals surface area contributed by atoms with E-state index in [0.717, 1.165) is 38.5 Å². The van der Waals surface area contributed by atoms with Crippen molar-refractivity contribution in [2.45, 2.75) is 6.92 Å². The maximum Gasteiger partial charge on any atom is 0.193 e. The van der Waals surface area contributed by atoms with Gasteiger partial charge < -0.3 is 20.5 Å². The van der Waals surface area contributed by atoms with E-state index in [9.17, 15) is 0 Å². The van der Waals surface area contributed by atoms with E-state index < -0.39 is 0 Å². The first-order valence-electron chi connectivity index (χ1n) is 7.79. The minimum atomic E-state index is 0. The maximum absolute atomic E-state index is 6.09. The summed E-state index contributed by atoms with van der Waals surface area (Å²) in [5, 5.41) is 3.58. The summed E-state index contributed by atoms with van der Waals surface area (Å²) in [5.74, 6) is 1.46. The van der Waals surface area contributed by atoms with Gasteiger partial charge in [-0.15, -0.1) is 24.0 Å². The second-order valence-electron chi connectivity index (χ2n) is 5.72. The van der Waals surface area contributed by atoms with Crippen molar-refractivity contribution in [3.63, 3.8) is 0 Å². The minimum Gasteiger partial charge on any atom is -0.495 e. The van der Waals surface area contributed by atoms with E-state index in [1.54, 1.807) is 19.2 Å². The van der Waals surface area contributed by atoms with Crippen LogP contribution in [0.4, 0.5) is 5.69 Å². The number of guanidine groups is 1. The lowest BCUT2D eigenvalue weighted by Crippen LogP contribution is -2.39. The number of halogens is 2. The molecule has 3 N–H and O–H groups in total. The Morgan fingerprint density at radius 3 is 2.79 bits per heavy atom. The third kappa shape index (κ3) is 7.00. The van der Waals surface area contributed by atoms with Crippen molar-refractivity contribution in [1.82, 2.24) is 4.90 Å². The highest BCUT2D eigenvalue weighted by molar-refractivity contribution is 14.0. The fraction of sp³-hybridized carbons (Fsp3) is 0.562. The number of rotatable bonds is 6. The van der Waals surface area contributed by atoms with Crippen molar-refractivity contribution >= 4 is 47.2 Å². The van der Waals surface area contributed by atoms with Gasteiger partial charge in [-0.25, -0.2) is 0 Å². The van der Waals surface area contributed by atoms with Crippen molar-refractivity contribution in [3.8, 4) is 5.75 Å². The van der Waals surface area contributed by atoms with Gasteiger partial charge in [0.15, 0.2) is 5.96 Å². The summed E-state index contributed by atoms with van der Waals surface area (Å²) < 4.78 is 10.5. The molecule has 1 fully saturated rings. The lowest BCUT2D eigenvalue weighted by Gasteiger charge is -2.28. The molecule has 1 heterocycles. The van der Waals surface area contributed by atoms with Gasteiger partial charge in [0.2, 0.25) is 0 Å². The summed E-state index contributed by atoms with van der Waals surface area (Å²) in [7, 11) is 1.58. The van der Waals surface area contributed by atoms with E-state index in [0.29, 0.717) is 29.2 Å². The highest BCUT2D eigenvalue weighted by Crippen LogP contribution is 2.27. The number of benzene rings is 1. The van der Waals surface area contributed by atoms with Crippen LogP contribution in [0.3, 0.4) is 0 Å². The molecule has 136 valence electrons. The molecule has 0 amide bonds. The zero-order valence-electron chi connectivity index (χ0n) is 14.1. The Balaban J connectivity index is 0.00000288. The molecule has 1 aromatic carbocycles. The number of methoxy groups -OCH3 is 1. The zero-order chi connectivity index (χ0) is 16.7. The maximum atomic E-state index is 6.09. The number of ether oxygens (including phenoxy) is 2. The molecule has 0 aromatic heterocycles. The van der Waals surface area contributed by atoms with E-state index in [4.69, 9.17) is 26.8 Å². The first-order chi connectivity index (χ1) is 11.1. The SMILES string of the molecule is COc1ccc(NC(N)=NCC(C)CN2CCOCC2)cc1Cl.I.